The fraction of sp³-hybridized carbons (Fsp3) is 1.00. The first-order valence-corrected chi connectivity index (χ1v) is 7.67. The van der Waals surface area contributed by atoms with E-state index in [0.29, 0.717) is 0 Å². The van der Waals surface area contributed by atoms with Gasteiger partial charge in [-0.1, -0.05) is 20.3 Å². The van der Waals surface area contributed by atoms with Crippen molar-refractivity contribution in [3.63, 3.8) is 0 Å². The monoisotopic (exact) mass is 255 g/mol. The molecular formula is C15H33N3. The normalized spacial score (nSPS) is 22.3. The molecule has 2 N–H and O–H groups in total. The van der Waals surface area contributed by atoms with E-state index >= 15 is 0 Å². The molecule has 0 bridgehead atoms. The van der Waals surface area contributed by atoms with Crippen LogP contribution in [0.3, 0.4) is 0 Å². The van der Waals surface area contributed by atoms with Gasteiger partial charge in [-0.15, -0.1) is 0 Å². The summed E-state index contributed by atoms with van der Waals surface area (Å²) in [5.74, 6) is 0.862. The molecule has 1 saturated heterocycles. The minimum absolute atomic E-state index is 0.234. The molecule has 0 saturated carbocycles. The Kier molecular flexibility index (Phi) is 6.61. The minimum Gasteiger partial charge on any atom is -0.329 e. The van der Waals surface area contributed by atoms with Gasteiger partial charge in [0.1, 0.15) is 0 Å². The first-order chi connectivity index (χ1) is 8.57. The average molecular weight is 255 g/mol. The Hall–Kier alpha value is -0.120. The summed E-state index contributed by atoms with van der Waals surface area (Å²) < 4.78 is 0. The van der Waals surface area contributed by atoms with Gasteiger partial charge in [-0.25, -0.2) is 0 Å². The number of likely N-dealkylation sites (N-methyl/N-ethyl adjacent to an activating group) is 1. The van der Waals surface area contributed by atoms with Crippen molar-refractivity contribution in [3.05, 3.63) is 0 Å². The maximum atomic E-state index is 6.08. The molecule has 1 rings (SSSR count). The summed E-state index contributed by atoms with van der Waals surface area (Å²) in [6.45, 7) is 9.08. The van der Waals surface area contributed by atoms with E-state index in [9.17, 15) is 0 Å². The van der Waals surface area contributed by atoms with Crippen LogP contribution in [0, 0.1) is 5.92 Å². The molecule has 1 fully saturated rings. The summed E-state index contributed by atoms with van der Waals surface area (Å²) in [5, 5.41) is 0. The molecule has 3 heteroatoms. The van der Waals surface area contributed by atoms with Crippen LogP contribution in [0.2, 0.25) is 0 Å². The van der Waals surface area contributed by atoms with Crippen molar-refractivity contribution in [2.45, 2.75) is 51.5 Å². The Morgan fingerprint density at radius 1 is 1.28 bits per heavy atom. The Morgan fingerprint density at radius 3 is 2.33 bits per heavy atom. The van der Waals surface area contributed by atoms with Crippen molar-refractivity contribution in [1.82, 2.24) is 9.80 Å². The maximum Gasteiger partial charge on any atom is 0.0326 e. The van der Waals surface area contributed by atoms with E-state index in [1.54, 1.807) is 0 Å². The van der Waals surface area contributed by atoms with Crippen LogP contribution < -0.4 is 5.73 Å². The summed E-state index contributed by atoms with van der Waals surface area (Å²) in [5.41, 5.74) is 6.32. The first kappa shape index (κ1) is 15.9. The maximum absolute atomic E-state index is 6.08. The third kappa shape index (κ3) is 3.94. The van der Waals surface area contributed by atoms with E-state index in [1.165, 1.54) is 51.7 Å². The van der Waals surface area contributed by atoms with Gasteiger partial charge in [0.2, 0.25) is 0 Å². The van der Waals surface area contributed by atoms with Crippen LogP contribution in [-0.4, -0.2) is 55.6 Å². The summed E-state index contributed by atoms with van der Waals surface area (Å²) in [4.78, 5) is 5.00. The number of piperidine rings is 1. The van der Waals surface area contributed by atoms with Crippen LogP contribution >= 0.6 is 0 Å². The van der Waals surface area contributed by atoms with Crippen LogP contribution in [0.5, 0.6) is 0 Å². The van der Waals surface area contributed by atoms with E-state index in [4.69, 9.17) is 5.73 Å². The van der Waals surface area contributed by atoms with Crippen LogP contribution in [0.25, 0.3) is 0 Å². The molecule has 1 unspecified atom stereocenters. The minimum atomic E-state index is 0.234. The fourth-order valence-electron chi connectivity index (χ4n) is 3.33. The lowest BCUT2D eigenvalue weighted by molar-refractivity contribution is 0.0742. The fourth-order valence-corrected chi connectivity index (χ4v) is 3.33. The van der Waals surface area contributed by atoms with E-state index in [1.807, 2.05) is 0 Å². The predicted molar refractivity (Wildman–Crippen MR) is 79.8 cm³/mol. The van der Waals surface area contributed by atoms with Gasteiger partial charge in [-0.2, -0.15) is 0 Å². The van der Waals surface area contributed by atoms with Crippen LogP contribution in [0.15, 0.2) is 0 Å². The number of rotatable bonds is 7. The summed E-state index contributed by atoms with van der Waals surface area (Å²) in [6, 6.07) is 0. The highest BCUT2D eigenvalue weighted by molar-refractivity contribution is 4.90. The molecule has 108 valence electrons. The zero-order chi connectivity index (χ0) is 13.6. The molecule has 18 heavy (non-hydrogen) atoms. The predicted octanol–water partition coefficient (Wildman–Crippen LogP) is 2.17. The van der Waals surface area contributed by atoms with E-state index < -0.39 is 0 Å². The van der Waals surface area contributed by atoms with Crippen molar-refractivity contribution < 1.29 is 0 Å². The Labute approximate surface area is 114 Å². The summed E-state index contributed by atoms with van der Waals surface area (Å²) >= 11 is 0. The van der Waals surface area contributed by atoms with Crippen LogP contribution in [0.4, 0.5) is 0 Å². The summed E-state index contributed by atoms with van der Waals surface area (Å²) in [6.07, 6.45) is 6.31. The smallest absolute Gasteiger partial charge is 0.0326 e. The first-order valence-electron chi connectivity index (χ1n) is 7.67. The third-order valence-electron chi connectivity index (χ3n) is 4.93. The number of hydrogen-bond acceptors (Lipinski definition) is 3. The van der Waals surface area contributed by atoms with Crippen molar-refractivity contribution in [2.24, 2.45) is 11.7 Å². The Balaban J connectivity index is 2.53. The second-order valence-corrected chi connectivity index (χ2v) is 6.16. The van der Waals surface area contributed by atoms with Crippen molar-refractivity contribution in [2.75, 3.05) is 40.3 Å². The van der Waals surface area contributed by atoms with Crippen molar-refractivity contribution in [1.29, 1.82) is 0 Å². The molecular weight excluding hydrogens is 222 g/mol. The topological polar surface area (TPSA) is 32.5 Å². The SMILES string of the molecule is CCCC(CC)(CN)N(C)CC1CCN(C)CC1. The van der Waals surface area contributed by atoms with Gasteiger partial charge in [0.25, 0.3) is 0 Å². The van der Waals surface area contributed by atoms with Crippen molar-refractivity contribution in [3.8, 4) is 0 Å². The summed E-state index contributed by atoms with van der Waals surface area (Å²) in [7, 11) is 4.51. The highest BCUT2D eigenvalue weighted by Crippen LogP contribution is 2.26. The Morgan fingerprint density at radius 2 is 1.89 bits per heavy atom. The molecule has 0 aliphatic carbocycles. The highest BCUT2D eigenvalue weighted by atomic mass is 15.2. The second kappa shape index (κ2) is 7.46. The molecule has 0 amide bonds. The Bertz CT molecular complexity index is 218. The third-order valence-corrected chi connectivity index (χ3v) is 4.93. The quantitative estimate of drug-likeness (QED) is 0.757. The molecule has 0 aromatic carbocycles. The average Bonchev–Trinajstić information content (AvgIpc) is 2.38. The molecule has 3 nitrogen and oxygen atoms in total. The zero-order valence-electron chi connectivity index (χ0n) is 12.9. The lowest BCUT2D eigenvalue weighted by Crippen LogP contribution is -2.53. The van der Waals surface area contributed by atoms with Gasteiger partial charge >= 0.3 is 0 Å². The highest BCUT2D eigenvalue weighted by Gasteiger charge is 2.32. The van der Waals surface area contributed by atoms with Gasteiger partial charge in [-0.3, -0.25) is 4.90 Å². The zero-order valence-corrected chi connectivity index (χ0v) is 12.9. The standard InChI is InChI=1S/C15H33N3/c1-5-9-15(6-2,13-16)18(4)12-14-7-10-17(3)11-8-14/h14H,5-13,16H2,1-4H3. The van der Waals surface area contributed by atoms with E-state index in [0.717, 1.165) is 12.5 Å². The van der Waals surface area contributed by atoms with Gasteiger partial charge in [0, 0.05) is 18.6 Å². The molecule has 1 atom stereocenters. The lowest BCUT2D eigenvalue weighted by atomic mass is 9.87. The lowest BCUT2D eigenvalue weighted by Gasteiger charge is -2.43. The van der Waals surface area contributed by atoms with Gasteiger partial charge in [0.15, 0.2) is 0 Å². The number of hydrogen-bond donors (Lipinski definition) is 1. The van der Waals surface area contributed by atoms with Gasteiger partial charge < -0.3 is 10.6 Å². The molecule has 0 aromatic rings. The van der Waals surface area contributed by atoms with Crippen molar-refractivity contribution >= 4 is 0 Å². The molecule has 0 aromatic heterocycles. The van der Waals surface area contributed by atoms with E-state index in [-0.39, 0.29) is 5.54 Å². The van der Waals surface area contributed by atoms with Gasteiger partial charge in [0.05, 0.1) is 0 Å². The van der Waals surface area contributed by atoms with Gasteiger partial charge in [-0.05, 0) is 58.8 Å². The second-order valence-electron chi connectivity index (χ2n) is 6.16. The molecule has 1 heterocycles. The number of nitrogens with two attached hydrogens (primary N) is 1. The molecule has 1 aliphatic rings. The molecule has 1 aliphatic heterocycles. The number of nitrogens with zero attached hydrogens (tertiary/aromatic N) is 2. The van der Waals surface area contributed by atoms with Crippen LogP contribution in [0.1, 0.15) is 46.0 Å². The van der Waals surface area contributed by atoms with Crippen LogP contribution in [-0.2, 0) is 0 Å². The molecule has 0 radical (unpaired) electrons. The number of likely N-dealkylation sites (tertiary alicyclic amines) is 1. The molecule has 0 spiro atoms. The largest absolute Gasteiger partial charge is 0.329 e. The van der Waals surface area contributed by atoms with E-state index in [2.05, 4.69) is 37.7 Å².